The van der Waals surface area contributed by atoms with Crippen molar-refractivity contribution in [3.8, 4) is 0 Å². The van der Waals surface area contributed by atoms with E-state index in [1.165, 1.54) is 21.0 Å². The van der Waals surface area contributed by atoms with Crippen molar-refractivity contribution >= 4 is 17.8 Å². The van der Waals surface area contributed by atoms with Crippen LogP contribution in [0.2, 0.25) is 0 Å². The van der Waals surface area contributed by atoms with E-state index < -0.39 is 35.5 Å². The van der Waals surface area contributed by atoms with Crippen LogP contribution in [0.4, 0.5) is 0 Å². The zero-order valence-corrected chi connectivity index (χ0v) is 17.9. The van der Waals surface area contributed by atoms with Crippen molar-refractivity contribution in [2.45, 2.75) is 83.3 Å². The van der Waals surface area contributed by atoms with Gasteiger partial charge >= 0.3 is 11.9 Å². The number of esters is 2. The number of likely N-dealkylation sites (N-methyl/N-ethyl adjacent to an activating group) is 1. The number of likely N-dealkylation sites (tertiary alicyclic amines) is 1. The van der Waals surface area contributed by atoms with Crippen molar-refractivity contribution in [2.75, 3.05) is 20.3 Å². The van der Waals surface area contributed by atoms with Crippen LogP contribution in [0.15, 0.2) is 11.1 Å². The highest BCUT2D eigenvalue weighted by Crippen LogP contribution is 2.49. The molecule has 8 nitrogen and oxygen atoms in total. The fourth-order valence-electron chi connectivity index (χ4n) is 5.09. The summed E-state index contributed by atoms with van der Waals surface area (Å²) in [5, 5.41) is 0. The first-order valence-corrected chi connectivity index (χ1v) is 10.3. The van der Waals surface area contributed by atoms with Crippen LogP contribution in [0.25, 0.3) is 0 Å². The quantitative estimate of drug-likeness (QED) is 0.519. The molecular weight excluding hydrogens is 378 g/mol. The first-order chi connectivity index (χ1) is 13.7. The first-order valence-electron chi connectivity index (χ1n) is 10.3. The minimum atomic E-state index is -1.47. The van der Waals surface area contributed by atoms with Gasteiger partial charge in [-0.15, -0.1) is 0 Å². The topological polar surface area (TPSA) is 91.4 Å². The molecular formula is C21H31NO7. The molecule has 1 amide bonds. The normalized spacial score (nSPS) is 37.3. The van der Waals surface area contributed by atoms with Crippen molar-refractivity contribution in [3.05, 3.63) is 11.1 Å². The molecule has 29 heavy (non-hydrogen) atoms. The minimum Gasteiger partial charge on any atom is -0.457 e. The molecule has 4 atom stereocenters. The third-order valence-electron chi connectivity index (χ3n) is 6.36. The third-order valence-corrected chi connectivity index (χ3v) is 6.36. The maximum Gasteiger partial charge on any atom is 0.303 e. The predicted molar refractivity (Wildman–Crippen MR) is 103 cm³/mol. The molecule has 2 heterocycles. The van der Waals surface area contributed by atoms with Gasteiger partial charge in [0, 0.05) is 38.6 Å². The number of ether oxygens (including phenoxy) is 4. The van der Waals surface area contributed by atoms with Crippen LogP contribution in [-0.2, 0) is 33.3 Å². The molecule has 3 aliphatic rings. The number of carbonyl (C=O) groups is 3. The SMILES string of the molecule is CCN1C(=O)/C2=C3\CO[C@@](OC)([C@@H](OC(C)=O)CCCCC[C@]21C)[C@H]3OC(C)=O. The predicted octanol–water partition coefficient (Wildman–Crippen LogP) is 2.10. The van der Waals surface area contributed by atoms with Gasteiger partial charge in [-0.1, -0.05) is 12.8 Å². The Bertz CT molecular complexity index is 733. The molecule has 162 valence electrons. The molecule has 0 aromatic heterocycles. The van der Waals surface area contributed by atoms with Crippen LogP contribution in [0.3, 0.4) is 0 Å². The highest BCUT2D eigenvalue weighted by Gasteiger charge is 2.62. The summed E-state index contributed by atoms with van der Waals surface area (Å²) >= 11 is 0. The standard InChI is InChI=1S/C21H31NO7/c1-6-22-19(25)17-15-12-27-21(26-5,18(15)29-14(3)24)16(28-13(2)23)10-8-7-9-11-20(17,22)4/h16,18H,6-12H2,1-5H3/b17-15-/t16-,18-,20+,21-/m0/s1. The molecule has 0 aromatic rings. The smallest absolute Gasteiger partial charge is 0.303 e. The second-order valence-electron chi connectivity index (χ2n) is 8.12. The Hall–Kier alpha value is -1.93. The highest BCUT2D eigenvalue weighted by molar-refractivity contribution is 6.04. The van der Waals surface area contributed by atoms with Gasteiger partial charge in [0.2, 0.25) is 5.79 Å². The first kappa shape index (κ1) is 21.8. The fourth-order valence-corrected chi connectivity index (χ4v) is 5.09. The van der Waals surface area contributed by atoms with Gasteiger partial charge < -0.3 is 23.8 Å². The maximum atomic E-state index is 13.0. The second-order valence-corrected chi connectivity index (χ2v) is 8.12. The van der Waals surface area contributed by atoms with E-state index in [-0.39, 0.29) is 12.5 Å². The zero-order chi connectivity index (χ0) is 21.4. The zero-order valence-electron chi connectivity index (χ0n) is 17.9. The number of methoxy groups -OCH3 is 1. The number of rotatable bonds is 4. The Morgan fingerprint density at radius 1 is 1.17 bits per heavy atom. The lowest BCUT2D eigenvalue weighted by atomic mass is 9.73. The number of β-lactam (4-membered cyclic amide) rings is 1. The van der Waals surface area contributed by atoms with Crippen LogP contribution in [0.5, 0.6) is 0 Å². The average Bonchev–Trinajstić information content (AvgIpc) is 2.97. The van der Waals surface area contributed by atoms with Crippen LogP contribution < -0.4 is 0 Å². The molecule has 0 unspecified atom stereocenters. The molecule has 3 rings (SSSR count). The van der Waals surface area contributed by atoms with Gasteiger partial charge in [0.1, 0.15) is 0 Å². The third kappa shape index (κ3) is 3.46. The van der Waals surface area contributed by atoms with E-state index in [0.29, 0.717) is 24.1 Å². The van der Waals surface area contributed by atoms with E-state index in [9.17, 15) is 14.4 Å². The van der Waals surface area contributed by atoms with E-state index in [2.05, 4.69) is 6.92 Å². The molecule has 0 saturated carbocycles. The van der Waals surface area contributed by atoms with E-state index >= 15 is 0 Å². The molecule has 0 N–H and O–H groups in total. The number of fused-ring (bicyclic) bond motifs is 3. The molecule has 2 fully saturated rings. The maximum absolute atomic E-state index is 13.0. The highest BCUT2D eigenvalue weighted by atomic mass is 16.7. The van der Waals surface area contributed by atoms with E-state index in [4.69, 9.17) is 18.9 Å². The summed E-state index contributed by atoms with van der Waals surface area (Å²) < 4.78 is 23.1. The molecule has 0 radical (unpaired) electrons. The van der Waals surface area contributed by atoms with Crippen LogP contribution >= 0.6 is 0 Å². The van der Waals surface area contributed by atoms with Gasteiger partial charge in [-0.05, 0) is 33.1 Å². The lowest BCUT2D eigenvalue weighted by Crippen LogP contribution is -2.65. The molecule has 2 saturated heterocycles. The number of hydrogen-bond donors (Lipinski definition) is 0. The number of amides is 1. The summed E-state index contributed by atoms with van der Waals surface area (Å²) in [7, 11) is 1.44. The molecule has 2 bridgehead atoms. The molecule has 2 aliphatic heterocycles. The van der Waals surface area contributed by atoms with Crippen molar-refractivity contribution in [3.63, 3.8) is 0 Å². The Balaban J connectivity index is 2.16. The summed E-state index contributed by atoms with van der Waals surface area (Å²) in [6.07, 6.45) is 2.26. The molecule has 0 aromatic carbocycles. The minimum absolute atomic E-state index is 0.0686. The van der Waals surface area contributed by atoms with Crippen molar-refractivity contribution in [1.82, 2.24) is 4.90 Å². The molecule has 1 aliphatic carbocycles. The van der Waals surface area contributed by atoms with Crippen molar-refractivity contribution in [1.29, 1.82) is 0 Å². The summed E-state index contributed by atoms with van der Waals surface area (Å²) in [5.74, 6) is -2.52. The lowest BCUT2D eigenvalue weighted by Gasteiger charge is -2.53. The Kier molecular flexibility index (Phi) is 6.06. The van der Waals surface area contributed by atoms with Gasteiger partial charge in [-0.3, -0.25) is 14.4 Å². The second kappa shape index (κ2) is 8.07. The van der Waals surface area contributed by atoms with Crippen LogP contribution in [0.1, 0.15) is 59.8 Å². The van der Waals surface area contributed by atoms with E-state index in [1.807, 2.05) is 11.8 Å². The largest absolute Gasteiger partial charge is 0.457 e. The van der Waals surface area contributed by atoms with Gasteiger partial charge in [0.15, 0.2) is 12.2 Å². The van der Waals surface area contributed by atoms with E-state index in [0.717, 1.165) is 25.7 Å². The van der Waals surface area contributed by atoms with Crippen LogP contribution in [0, 0.1) is 0 Å². The number of carbonyl (C=O) groups excluding carboxylic acids is 3. The Morgan fingerprint density at radius 3 is 2.45 bits per heavy atom. The summed E-state index contributed by atoms with van der Waals surface area (Å²) in [6.45, 7) is 7.34. The number of nitrogens with zero attached hydrogens (tertiary/aromatic N) is 1. The monoisotopic (exact) mass is 409 g/mol. The van der Waals surface area contributed by atoms with Crippen molar-refractivity contribution < 1.29 is 33.3 Å². The number of hydrogen-bond acceptors (Lipinski definition) is 7. The summed E-state index contributed by atoms with van der Waals surface area (Å²) in [6, 6.07) is 0. The fraction of sp³-hybridized carbons (Fsp3) is 0.762. The van der Waals surface area contributed by atoms with Gasteiger partial charge in [0.05, 0.1) is 12.1 Å². The van der Waals surface area contributed by atoms with Gasteiger partial charge in [-0.2, -0.15) is 0 Å². The average molecular weight is 409 g/mol. The summed E-state index contributed by atoms with van der Waals surface area (Å²) in [4.78, 5) is 38.6. The van der Waals surface area contributed by atoms with Gasteiger partial charge in [-0.25, -0.2) is 0 Å². The Labute approximate surface area is 171 Å². The van der Waals surface area contributed by atoms with Crippen molar-refractivity contribution in [2.24, 2.45) is 0 Å². The van der Waals surface area contributed by atoms with Gasteiger partial charge in [0.25, 0.3) is 5.91 Å². The summed E-state index contributed by atoms with van der Waals surface area (Å²) in [5.41, 5.74) is 0.805. The lowest BCUT2D eigenvalue weighted by molar-refractivity contribution is -0.285. The Morgan fingerprint density at radius 2 is 1.86 bits per heavy atom. The molecule has 0 spiro atoms. The molecule has 8 heteroatoms. The van der Waals surface area contributed by atoms with E-state index in [1.54, 1.807) is 0 Å². The van der Waals surface area contributed by atoms with Crippen LogP contribution in [-0.4, -0.2) is 66.5 Å².